The summed E-state index contributed by atoms with van der Waals surface area (Å²) in [5.74, 6) is 0.860. The van der Waals surface area contributed by atoms with Crippen molar-refractivity contribution in [1.29, 1.82) is 0 Å². The Morgan fingerprint density at radius 2 is 2.35 bits per heavy atom. The molecule has 0 aliphatic heterocycles. The van der Waals surface area contributed by atoms with E-state index >= 15 is 0 Å². The number of nitrogens with zero attached hydrogens (tertiary/aromatic N) is 3. The second-order valence-electron chi connectivity index (χ2n) is 3.55. The topological polar surface area (TPSA) is 106 Å². The van der Waals surface area contributed by atoms with Crippen molar-refractivity contribution in [2.24, 2.45) is 0 Å². The van der Waals surface area contributed by atoms with Crippen molar-refractivity contribution in [3.63, 3.8) is 0 Å². The Hall–Kier alpha value is -2.57. The number of anilines is 2. The van der Waals surface area contributed by atoms with E-state index in [1.54, 1.807) is 18.7 Å². The number of hydrogen-bond acceptors (Lipinski definition) is 6. The van der Waals surface area contributed by atoms with E-state index in [1.165, 1.54) is 0 Å². The van der Waals surface area contributed by atoms with E-state index in [0.29, 0.717) is 18.0 Å². The molecule has 3 aromatic heterocycles. The predicted molar refractivity (Wildman–Crippen MR) is 62.1 cm³/mol. The molecule has 3 heterocycles. The molecule has 0 fully saturated rings. The first kappa shape index (κ1) is 9.64. The molecule has 7 heteroatoms. The molecular formula is C10H10N6O. The fraction of sp³-hybridized carbons (Fsp3) is 0.100. The first-order valence-electron chi connectivity index (χ1n) is 5.04. The number of furan rings is 1. The summed E-state index contributed by atoms with van der Waals surface area (Å²) in [6, 6.07) is 1.88. The zero-order chi connectivity index (χ0) is 11.7. The standard InChI is InChI=1S/C10H10N6O/c11-10-14-8(7-4-13-16-9(7)15-10)12-3-6-1-2-17-5-6/h1-2,4-5H,3H2,(H4,11,12,13,14,15,16). The first-order valence-corrected chi connectivity index (χ1v) is 5.04. The third-order valence-corrected chi connectivity index (χ3v) is 2.37. The van der Waals surface area contributed by atoms with Gasteiger partial charge in [0.2, 0.25) is 5.95 Å². The van der Waals surface area contributed by atoms with Crippen LogP contribution in [0.15, 0.2) is 29.2 Å². The molecule has 3 aromatic rings. The number of hydrogen-bond donors (Lipinski definition) is 3. The van der Waals surface area contributed by atoms with Crippen LogP contribution < -0.4 is 11.1 Å². The predicted octanol–water partition coefficient (Wildman–Crippen LogP) is 1.14. The number of fused-ring (bicyclic) bond motifs is 1. The van der Waals surface area contributed by atoms with Gasteiger partial charge in [-0.25, -0.2) is 0 Å². The van der Waals surface area contributed by atoms with Gasteiger partial charge in [-0.05, 0) is 6.07 Å². The van der Waals surface area contributed by atoms with E-state index in [-0.39, 0.29) is 5.95 Å². The third-order valence-electron chi connectivity index (χ3n) is 2.37. The summed E-state index contributed by atoms with van der Waals surface area (Å²) in [6.45, 7) is 0.604. The quantitative estimate of drug-likeness (QED) is 0.623. The lowest BCUT2D eigenvalue weighted by atomic mass is 10.3. The van der Waals surface area contributed by atoms with Crippen LogP contribution in [0.1, 0.15) is 5.56 Å². The SMILES string of the molecule is Nc1nc(NCc2ccoc2)c2cn[nH]c2n1. The molecule has 0 atom stereocenters. The van der Waals surface area contributed by atoms with Gasteiger partial charge in [0.05, 0.1) is 24.1 Å². The maximum absolute atomic E-state index is 5.60. The van der Waals surface area contributed by atoms with E-state index in [2.05, 4.69) is 25.5 Å². The fourth-order valence-electron chi connectivity index (χ4n) is 1.57. The highest BCUT2D eigenvalue weighted by atomic mass is 16.3. The number of nitrogen functional groups attached to an aromatic ring is 1. The van der Waals surface area contributed by atoms with Crippen LogP contribution in [-0.4, -0.2) is 20.2 Å². The van der Waals surface area contributed by atoms with Gasteiger partial charge in [-0.15, -0.1) is 0 Å². The summed E-state index contributed by atoms with van der Waals surface area (Å²) in [4.78, 5) is 8.17. The molecule has 0 unspecified atom stereocenters. The fourth-order valence-corrected chi connectivity index (χ4v) is 1.57. The van der Waals surface area contributed by atoms with E-state index < -0.39 is 0 Å². The lowest BCUT2D eigenvalue weighted by Crippen LogP contribution is -2.04. The minimum absolute atomic E-state index is 0.205. The molecule has 0 radical (unpaired) electrons. The van der Waals surface area contributed by atoms with Gasteiger partial charge in [0, 0.05) is 12.1 Å². The van der Waals surface area contributed by atoms with Crippen LogP contribution in [0.25, 0.3) is 11.0 Å². The van der Waals surface area contributed by atoms with Crippen LogP contribution in [0.4, 0.5) is 11.8 Å². The van der Waals surface area contributed by atoms with E-state index in [4.69, 9.17) is 10.2 Å². The highest BCUT2D eigenvalue weighted by Crippen LogP contribution is 2.19. The van der Waals surface area contributed by atoms with Crippen LogP contribution in [0, 0.1) is 0 Å². The third kappa shape index (κ3) is 1.78. The van der Waals surface area contributed by atoms with Crippen LogP contribution in [0.2, 0.25) is 0 Å². The van der Waals surface area contributed by atoms with Crippen molar-refractivity contribution in [2.75, 3.05) is 11.1 Å². The van der Waals surface area contributed by atoms with Gasteiger partial charge in [-0.2, -0.15) is 15.1 Å². The molecule has 7 nitrogen and oxygen atoms in total. The summed E-state index contributed by atoms with van der Waals surface area (Å²) in [6.07, 6.45) is 4.95. The normalized spacial score (nSPS) is 10.8. The van der Waals surface area contributed by atoms with Gasteiger partial charge in [-0.1, -0.05) is 0 Å². The van der Waals surface area contributed by atoms with Gasteiger partial charge < -0.3 is 15.5 Å². The Balaban J connectivity index is 1.91. The van der Waals surface area contributed by atoms with Gasteiger partial charge in [0.25, 0.3) is 0 Å². The van der Waals surface area contributed by atoms with Crippen LogP contribution >= 0.6 is 0 Å². The molecule has 3 rings (SSSR count). The number of rotatable bonds is 3. The number of H-pyrrole nitrogens is 1. The molecule has 0 saturated heterocycles. The Morgan fingerprint density at radius 1 is 1.41 bits per heavy atom. The largest absolute Gasteiger partial charge is 0.472 e. The average Bonchev–Trinajstić information content (AvgIpc) is 2.95. The number of aromatic amines is 1. The number of nitrogens with two attached hydrogens (primary N) is 1. The van der Waals surface area contributed by atoms with Crippen molar-refractivity contribution < 1.29 is 4.42 Å². The first-order chi connectivity index (χ1) is 8.33. The summed E-state index contributed by atoms with van der Waals surface area (Å²) in [5, 5.41) is 10.6. The molecule has 0 saturated carbocycles. The molecule has 17 heavy (non-hydrogen) atoms. The highest BCUT2D eigenvalue weighted by molar-refractivity contribution is 5.86. The second kappa shape index (κ2) is 3.78. The molecule has 86 valence electrons. The molecule has 0 aliphatic carbocycles. The molecule has 0 spiro atoms. The lowest BCUT2D eigenvalue weighted by Gasteiger charge is -2.05. The van der Waals surface area contributed by atoms with Crippen molar-refractivity contribution in [1.82, 2.24) is 20.2 Å². The van der Waals surface area contributed by atoms with Gasteiger partial charge in [0.15, 0.2) is 5.65 Å². The van der Waals surface area contributed by atoms with E-state index in [0.717, 1.165) is 10.9 Å². The maximum Gasteiger partial charge on any atom is 0.224 e. The zero-order valence-corrected chi connectivity index (χ0v) is 8.84. The average molecular weight is 230 g/mol. The molecular weight excluding hydrogens is 220 g/mol. The zero-order valence-electron chi connectivity index (χ0n) is 8.84. The summed E-state index contributed by atoms with van der Waals surface area (Å²) in [7, 11) is 0. The van der Waals surface area contributed by atoms with Crippen LogP contribution in [0.3, 0.4) is 0 Å². The molecule has 0 amide bonds. The van der Waals surface area contributed by atoms with Gasteiger partial charge in [0.1, 0.15) is 5.82 Å². The second-order valence-corrected chi connectivity index (χ2v) is 3.55. The minimum Gasteiger partial charge on any atom is -0.472 e. The molecule has 0 bridgehead atoms. The van der Waals surface area contributed by atoms with E-state index in [1.807, 2.05) is 6.07 Å². The summed E-state index contributed by atoms with van der Waals surface area (Å²) >= 11 is 0. The Bertz CT molecular complexity index is 629. The molecule has 0 aromatic carbocycles. The maximum atomic E-state index is 5.60. The van der Waals surface area contributed by atoms with Crippen molar-refractivity contribution in [3.05, 3.63) is 30.4 Å². The summed E-state index contributed by atoms with van der Waals surface area (Å²) < 4.78 is 4.98. The molecule has 0 aliphatic rings. The lowest BCUT2D eigenvalue weighted by molar-refractivity contribution is 0.564. The number of aromatic nitrogens is 4. The van der Waals surface area contributed by atoms with Crippen LogP contribution in [-0.2, 0) is 6.54 Å². The molecule has 4 N–H and O–H groups in total. The number of nitrogens with one attached hydrogen (secondary N) is 2. The van der Waals surface area contributed by atoms with Gasteiger partial charge in [-0.3, -0.25) is 5.10 Å². The van der Waals surface area contributed by atoms with Crippen molar-refractivity contribution in [2.45, 2.75) is 6.54 Å². The summed E-state index contributed by atoms with van der Waals surface area (Å²) in [5.41, 5.74) is 7.25. The monoisotopic (exact) mass is 230 g/mol. The highest BCUT2D eigenvalue weighted by Gasteiger charge is 2.07. The van der Waals surface area contributed by atoms with E-state index in [9.17, 15) is 0 Å². The Labute approximate surface area is 96.1 Å². The Morgan fingerprint density at radius 3 is 3.18 bits per heavy atom. The minimum atomic E-state index is 0.205. The Kier molecular flexibility index (Phi) is 2.14. The van der Waals surface area contributed by atoms with Crippen molar-refractivity contribution in [3.8, 4) is 0 Å². The smallest absolute Gasteiger partial charge is 0.224 e. The van der Waals surface area contributed by atoms with Crippen molar-refractivity contribution >= 4 is 22.8 Å². The van der Waals surface area contributed by atoms with Gasteiger partial charge >= 0.3 is 0 Å². The van der Waals surface area contributed by atoms with Crippen LogP contribution in [0.5, 0.6) is 0 Å².